The van der Waals surface area contributed by atoms with Gasteiger partial charge in [-0.15, -0.1) is 0 Å². The fourth-order valence-corrected chi connectivity index (χ4v) is 2.68. The van der Waals surface area contributed by atoms with Crippen LogP contribution in [0.25, 0.3) is 11.4 Å². The number of hydrogen-bond donors (Lipinski definition) is 0. The Bertz CT molecular complexity index is 676. The van der Waals surface area contributed by atoms with Crippen LogP contribution in [0, 0.1) is 5.82 Å². The van der Waals surface area contributed by atoms with Gasteiger partial charge in [0.25, 0.3) is 0 Å². The highest BCUT2D eigenvalue weighted by Crippen LogP contribution is 2.44. The van der Waals surface area contributed by atoms with E-state index in [0.29, 0.717) is 22.5 Å². The van der Waals surface area contributed by atoms with E-state index in [1.807, 2.05) is 0 Å². The molecule has 0 unspecified atom stereocenters. The maximum absolute atomic E-state index is 13.8. The van der Waals surface area contributed by atoms with Crippen LogP contribution >= 0.6 is 27.5 Å². The van der Waals surface area contributed by atoms with Gasteiger partial charge < -0.3 is 4.74 Å². The highest BCUT2D eigenvalue weighted by atomic mass is 79.9. The van der Waals surface area contributed by atoms with E-state index in [1.165, 1.54) is 13.2 Å². The smallest absolute Gasteiger partial charge is 0.165 e. The molecule has 0 radical (unpaired) electrons. The highest BCUT2D eigenvalue weighted by molar-refractivity contribution is 9.10. The number of nitrogens with zero attached hydrogens (tertiary/aromatic N) is 2. The molecule has 2 aromatic rings. The predicted molar refractivity (Wildman–Crippen MR) is 78.7 cm³/mol. The van der Waals surface area contributed by atoms with Gasteiger partial charge in [0.05, 0.1) is 17.3 Å². The first kappa shape index (κ1) is 13.8. The summed E-state index contributed by atoms with van der Waals surface area (Å²) < 4.78 is 19.4. The van der Waals surface area contributed by atoms with Crippen LogP contribution in [-0.2, 0) is 0 Å². The van der Waals surface area contributed by atoms with Gasteiger partial charge in [-0.1, -0.05) is 11.6 Å². The Morgan fingerprint density at radius 2 is 2.10 bits per heavy atom. The monoisotopic (exact) mass is 356 g/mol. The van der Waals surface area contributed by atoms with Crippen LogP contribution in [-0.4, -0.2) is 17.1 Å². The minimum Gasteiger partial charge on any atom is -0.494 e. The lowest BCUT2D eigenvalue weighted by molar-refractivity contribution is 0.386. The second kappa shape index (κ2) is 5.30. The first-order valence-electron chi connectivity index (χ1n) is 6.17. The summed E-state index contributed by atoms with van der Waals surface area (Å²) in [6.07, 6.45) is 2.20. The molecule has 3 rings (SSSR count). The van der Waals surface area contributed by atoms with Crippen molar-refractivity contribution in [3.05, 3.63) is 39.3 Å². The van der Waals surface area contributed by atoms with Gasteiger partial charge in [-0.3, -0.25) is 0 Å². The summed E-state index contributed by atoms with van der Waals surface area (Å²) in [5, 5.41) is 0.355. The summed E-state index contributed by atoms with van der Waals surface area (Å²) in [5.41, 5.74) is 1.48. The molecule has 0 spiro atoms. The lowest BCUT2D eigenvalue weighted by atomic mass is 10.2. The van der Waals surface area contributed by atoms with Crippen molar-refractivity contribution in [2.45, 2.75) is 18.8 Å². The van der Waals surface area contributed by atoms with E-state index in [2.05, 4.69) is 25.9 Å². The molecule has 3 nitrogen and oxygen atoms in total. The Balaban J connectivity index is 2.07. The molecule has 1 aliphatic rings. The molecule has 1 aliphatic carbocycles. The maximum atomic E-state index is 13.8. The van der Waals surface area contributed by atoms with Crippen LogP contribution < -0.4 is 4.74 Å². The van der Waals surface area contributed by atoms with Gasteiger partial charge in [-0.25, -0.2) is 14.4 Å². The standard InChI is InChI=1S/C14H11BrClFN2O/c1-20-10-5-4-8(6-9(10)17)14-18-12(7-2-3-7)11(15)13(16)19-14/h4-7H,2-3H2,1H3. The number of halogens is 3. The van der Waals surface area contributed by atoms with Gasteiger partial charge in [0.15, 0.2) is 17.4 Å². The third-order valence-corrected chi connectivity index (χ3v) is 4.49. The average molecular weight is 358 g/mol. The van der Waals surface area contributed by atoms with Crippen molar-refractivity contribution in [3.8, 4) is 17.1 Å². The zero-order valence-electron chi connectivity index (χ0n) is 10.7. The van der Waals surface area contributed by atoms with E-state index in [0.717, 1.165) is 23.0 Å². The third-order valence-electron chi connectivity index (χ3n) is 3.21. The Kier molecular flexibility index (Phi) is 3.65. The Morgan fingerprint density at radius 1 is 1.35 bits per heavy atom. The van der Waals surface area contributed by atoms with Crippen molar-refractivity contribution in [3.63, 3.8) is 0 Å². The molecule has 1 heterocycles. The topological polar surface area (TPSA) is 35.0 Å². The summed E-state index contributed by atoms with van der Waals surface area (Å²) in [6.45, 7) is 0. The third kappa shape index (κ3) is 2.52. The molecule has 104 valence electrons. The summed E-state index contributed by atoms with van der Waals surface area (Å²) >= 11 is 9.54. The second-order valence-electron chi connectivity index (χ2n) is 4.66. The fraction of sp³-hybridized carbons (Fsp3) is 0.286. The summed E-state index contributed by atoms with van der Waals surface area (Å²) in [4.78, 5) is 8.72. The number of benzene rings is 1. The molecule has 20 heavy (non-hydrogen) atoms. The number of hydrogen-bond acceptors (Lipinski definition) is 3. The van der Waals surface area contributed by atoms with Gasteiger partial charge >= 0.3 is 0 Å². The Labute approximate surface area is 129 Å². The minimum atomic E-state index is -0.444. The molecule has 0 bridgehead atoms. The van der Waals surface area contributed by atoms with E-state index in [-0.39, 0.29) is 5.75 Å². The van der Waals surface area contributed by atoms with Gasteiger partial charge in [-0.2, -0.15) is 0 Å². The van der Waals surface area contributed by atoms with Crippen LogP contribution in [0.2, 0.25) is 5.15 Å². The van der Waals surface area contributed by atoms with Crippen LogP contribution in [0.4, 0.5) is 4.39 Å². The molecule has 1 fully saturated rings. The van der Waals surface area contributed by atoms with E-state index in [9.17, 15) is 4.39 Å². The average Bonchev–Trinajstić information content (AvgIpc) is 3.26. The maximum Gasteiger partial charge on any atom is 0.165 e. The molecule has 0 aliphatic heterocycles. The van der Waals surface area contributed by atoms with Crippen LogP contribution in [0.5, 0.6) is 5.75 Å². The normalized spacial score (nSPS) is 14.4. The zero-order chi connectivity index (χ0) is 14.3. The van der Waals surface area contributed by atoms with Gasteiger partial charge in [0, 0.05) is 11.5 Å². The molecule has 1 aromatic carbocycles. The summed E-state index contributed by atoms with van der Waals surface area (Å²) in [7, 11) is 1.43. The highest BCUT2D eigenvalue weighted by Gasteiger charge is 2.29. The van der Waals surface area contributed by atoms with Crippen LogP contribution in [0.1, 0.15) is 24.5 Å². The zero-order valence-corrected chi connectivity index (χ0v) is 13.0. The predicted octanol–water partition coefficient (Wildman–Crippen LogP) is 4.58. The van der Waals surface area contributed by atoms with Crippen molar-refractivity contribution in [1.29, 1.82) is 0 Å². The summed E-state index contributed by atoms with van der Waals surface area (Å²) in [5.74, 6) is 0.605. The first-order chi connectivity index (χ1) is 9.60. The molecule has 0 saturated heterocycles. The minimum absolute atomic E-state index is 0.194. The molecule has 1 aromatic heterocycles. The van der Waals surface area contributed by atoms with E-state index in [1.54, 1.807) is 12.1 Å². The van der Waals surface area contributed by atoms with E-state index >= 15 is 0 Å². The van der Waals surface area contributed by atoms with Gasteiger partial charge in [0.1, 0.15) is 5.15 Å². The molecular weight excluding hydrogens is 347 g/mol. The number of ether oxygens (including phenoxy) is 1. The van der Waals surface area contributed by atoms with Crippen molar-refractivity contribution in [1.82, 2.24) is 9.97 Å². The van der Waals surface area contributed by atoms with Crippen molar-refractivity contribution < 1.29 is 9.13 Å². The quantitative estimate of drug-likeness (QED) is 0.754. The lowest BCUT2D eigenvalue weighted by Gasteiger charge is -2.08. The van der Waals surface area contributed by atoms with E-state index in [4.69, 9.17) is 16.3 Å². The Hall–Kier alpha value is -1.20. The van der Waals surface area contributed by atoms with Crippen LogP contribution in [0.3, 0.4) is 0 Å². The molecular formula is C14H11BrClFN2O. The van der Waals surface area contributed by atoms with E-state index < -0.39 is 5.82 Å². The largest absolute Gasteiger partial charge is 0.494 e. The van der Waals surface area contributed by atoms with Crippen LogP contribution in [0.15, 0.2) is 22.7 Å². The molecule has 0 N–H and O–H groups in total. The van der Waals surface area contributed by atoms with Gasteiger partial charge in [0.2, 0.25) is 0 Å². The SMILES string of the molecule is COc1ccc(-c2nc(Cl)c(Br)c(C3CC3)n2)cc1F. The van der Waals surface area contributed by atoms with Crippen molar-refractivity contribution >= 4 is 27.5 Å². The Morgan fingerprint density at radius 3 is 2.70 bits per heavy atom. The summed E-state index contributed by atoms with van der Waals surface area (Å²) in [6, 6.07) is 4.63. The van der Waals surface area contributed by atoms with Crippen molar-refractivity contribution in [2.24, 2.45) is 0 Å². The molecule has 0 amide bonds. The lowest BCUT2D eigenvalue weighted by Crippen LogP contribution is -1.98. The molecule has 0 atom stereocenters. The number of methoxy groups -OCH3 is 1. The second-order valence-corrected chi connectivity index (χ2v) is 5.81. The number of rotatable bonds is 3. The van der Waals surface area contributed by atoms with Gasteiger partial charge in [-0.05, 0) is 47.0 Å². The molecule has 6 heteroatoms. The molecule has 1 saturated carbocycles. The van der Waals surface area contributed by atoms with Crippen molar-refractivity contribution in [2.75, 3.05) is 7.11 Å². The fourth-order valence-electron chi connectivity index (χ4n) is 2.00. The first-order valence-corrected chi connectivity index (χ1v) is 7.34. The number of aromatic nitrogens is 2.